The summed E-state index contributed by atoms with van der Waals surface area (Å²) in [6, 6.07) is 1.87. The van der Waals surface area contributed by atoms with Crippen molar-refractivity contribution >= 4 is 0 Å². The fraction of sp³-hybridized carbons (Fsp3) is 0.615. The Balaban J connectivity index is 2.24. The van der Waals surface area contributed by atoms with Gasteiger partial charge in [-0.25, -0.2) is 0 Å². The summed E-state index contributed by atoms with van der Waals surface area (Å²) in [7, 11) is 0. The van der Waals surface area contributed by atoms with Crippen LogP contribution in [0.25, 0.3) is 0 Å². The molecular formula is C13H19NO2. The summed E-state index contributed by atoms with van der Waals surface area (Å²) in [4.78, 5) is 4.02. The SMILES string of the molecule is Cc1ccncc1C(O)C1(O)CCCCC1. The highest BCUT2D eigenvalue weighted by Gasteiger charge is 2.38. The maximum atomic E-state index is 10.4. The van der Waals surface area contributed by atoms with Crippen LogP contribution in [0.15, 0.2) is 18.5 Å². The lowest BCUT2D eigenvalue weighted by atomic mass is 9.78. The molecule has 0 amide bonds. The number of nitrogens with zero attached hydrogens (tertiary/aromatic N) is 1. The third-order valence-corrected chi connectivity index (χ3v) is 3.60. The fourth-order valence-electron chi connectivity index (χ4n) is 2.49. The molecule has 1 aliphatic carbocycles. The molecule has 1 heterocycles. The first-order chi connectivity index (χ1) is 7.63. The van der Waals surface area contributed by atoms with Crippen molar-refractivity contribution in [2.24, 2.45) is 0 Å². The van der Waals surface area contributed by atoms with E-state index in [1.807, 2.05) is 13.0 Å². The Hall–Kier alpha value is -0.930. The van der Waals surface area contributed by atoms with E-state index >= 15 is 0 Å². The summed E-state index contributed by atoms with van der Waals surface area (Å²) in [5.41, 5.74) is 0.792. The zero-order valence-electron chi connectivity index (χ0n) is 9.69. The van der Waals surface area contributed by atoms with E-state index < -0.39 is 11.7 Å². The molecule has 16 heavy (non-hydrogen) atoms. The summed E-state index contributed by atoms with van der Waals surface area (Å²) in [5, 5.41) is 20.7. The molecule has 88 valence electrons. The molecule has 3 heteroatoms. The van der Waals surface area contributed by atoms with Crippen LogP contribution in [0.4, 0.5) is 0 Å². The topological polar surface area (TPSA) is 53.4 Å². The van der Waals surface area contributed by atoms with Crippen molar-refractivity contribution in [2.45, 2.75) is 50.7 Å². The number of hydrogen-bond donors (Lipinski definition) is 2. The van der Waals surface area contributed by atoms with Crippen molar-refractivity contribution in [3.05, 3.63) is 29.6 Å². The Morgan fingerprint density at radius 2 is 2.00 bits per heavy atom. The molecule has 1 aromatic heterocycles. The molecule has 0 radical (unpaired) electrons. The fourth-order valence-corrected chi connectivity index (χ4v) is 2.49. The molecular weight excluding hydrogens is 202 g/mol. The van der Waals surface area contributed by atoms with Crippen molar-refractivity contribution in [3.63, 3.8) is 0 Å². The Morgan fingerprint density at radius 3 is 2.62 bits per heavy atom. The second kappa shape index (κ2) is 4.52. The van der Waals surface area contributed by atoms with E-state index in [1.165, 1.54) is 0 Å². The summed E-state index contributed by atoms with van der Waals surface area (Å²) >= 11 is 0. The number of aromatic nitrogens is 1. The summed E-state index contributed by atoms with van der Waals surface area (Å²) < 4.78 is 0. The van der Waals surface area contributed by atoms with Crippen LogP contribution in [-0.2, 0) is 0 Å². The van der Waals surface area contributed by atoms with Crippen molar-refractivity contribution < 1.29 is 10.2 Å². The van der Waals surface area contributed by atoms with Crippen LogP contribution in [0.2, 0.25) is 0 Å². The average molecular weight is 221 g/mol. The third-order valence-electron chi connectivity index (χ3n) is 3.60. The molecule has 1 fully saturated rings. The predicted octanol–water partition coefficient (Wildman–Crippen LogP) is 2.12. The smallest absolute Gasteiger partial charge is 0.109 e. The van der Waals surface area contributed by atoms with Gasteiger partial charge < -0.3 is 10.2 Å². The van der Waals surface area contributed by atoms with E-state index in [-0.39, 0.29) is 0 Å². The molecule has 2 rings (SSSR count). The van der Waals surface area contributed by atoms with Crippen LogP contribution < -0.4 is 0 Å². The van der Waals surface area contributed by atoms with Crippen molar-refractivity contribution in [2.75, 3.05) is 0 Å². The van der Waals surface area contributed by atoms with Crippen LogP contribution in [0.3, 0.4) is 0 Å². The third kappa shape index (κ3) is 2.11. The van der Waals surface area contributed by atoms with Gasteiger partial charge in [-0.1, -0.05) is 19.3 Å². The average Bonchev–Trinajstić information content (AvgIpc) is 2.30. The van der Waals surface area contributed by atoms with E-state index in [4.69, 9.17) is 0 Å². The van der Waals surface area contributed by atoms with Crippen molar-refractivity contribution in [1.82, 2.24) is 4.98 Å². The van der Waals surface area contributed by atoms with Gasteiger partial charge in [-0.2, -0.15) is 0 Å². The number of rotatable bonds is 2. The lowest BCUT2D eigenvalue weighted by Gasteiger charge is -2.36. The maximum Gasteiger partial charge on any atom is 0.109 e. The van der Waals surface area contributed by atoms with Gasteiger partial charge >= 0.3 is 0 Å². The second-order valence-corrected chi connectivity index (χ2v) is 4.80. The lowest BCUT2D eigenvalue weighted by Crippen LogP contribution is -2.38. The van der Waals surface area contributed by atoms with Crippen LogP contribution >= 0.6 is 0 Å². The van der Waals surface area contributed by atoms with Crippen LogP contribution in [0.1, 0.15) is 49.3 Å². The highest BCUT2D eigenvalue weighted by molar-refractivity contribution is 5.26. The monoisotopic (exact) mass is 221 g/mol. The number of pyridine rings is 1. The highest BCUT2D eigenvalue weighted by Crippen LogP contribution is 2.38. The van der Waals surface area contributed by atoms with Gasteiger partial charge in [0, 0.05) is 18.0 Å². The molecule has 1 unspecified atom stereocenters. The Kier molecular flexibility index (Phi) is 3.26. The van der Waals surface area contributed by atoms with Gasteiger partial charge in [-0.05, 0) is 31.4 Å². The van der Waals surface area contributed by atoms with Crippen molar-refractivity contribution in [3.8, 4) is 0 Å². The predicted molar refractivity (Wildman–Crippen MR) is 62.0 cm³/mol. The summed E-state index contributed by atoms with van der Waals surface area (Å²) in [5.74, 6) is 0. The van der Waals surface area contributed by atoms with Gasteiger partial charge in [0.2, 0.25) is 0 Å². The van der Waals surface area contributed by atoms with Crippen LogP contribution in [0, 0.1) is 6.92 Å². The molecule has 0 bridgehead atoms. The van der Waals surface area contributed by atoms with Gasteiger partial charge in [-0.3, -0.25) is 4.98 Å². The van der Waals surface area contributed by atoms with Crippen LogP contribution in [0.5, 0.6) is 0 Å². The zero-order chi connectivity index (χ0) is 11.6. The number of aliphatic hydroxyl groups excluding tert-OH is 1. The quantitative estimate of drug-likeness (QED) is 0.804. The largest absolute Gasteiger partial charge is 0.387 e. The standard InChI is InChI=1S/C13H19NO2/c1-10-5-8-14-9-11(10)12(15)13(16)6-3-2-4-7-13/h5,8-9,12,15-16H,2-4,6-7H2,1H3. The number of hydrogen-bond acceptors (Lipinski definition) is 3. The zero-order valence-corrected chi connectivity index (χ0v) is 9.69. The van der Waals surface area contributed by atoms with Crippen molar-refractivity contribution in [1.29, 1.82) is 0 Å². The summed E-state index contributed by atoms with van der Waals surface area (Å²) in [6.45, 7) is 1.94. The first kappa shape index (κ1) is 11.6. The summed E-state index contributed by atoms with van der Waals surface area (Å²) in [6.07, 6.45) is 7.07. The van der Waals surface area contributed by atoms with Gasteiger partial charge in [0.15, 0.2) is 0 Å². The molecule has 3 nitrogen and oxygen atoms in total. The number of aliphatic hydroxyl groups is 2. The van der Waals surface area contributed by atoms with E-state index in [9.17, 15) is 10.2 Å². The Bertz CT molecular complexity index is 359. The minimum absolute atomic E-state index is 0.683. The minimum atomic E-state index is -0.952. The first-order valence-electron chi connectivity index (χ1n) is 5.94. The molecule has 0 aromatic carbocycles. The molecule has 1 saturated carbocycles. The number of aryl methyl sites for hydroxylation is 1. The van der Waals surface area contributed by atoms with Gasteiger partial charge in [0.05, 0.1) is 5.60 Å². The highest BCUT2D eigenvalue weighted by atomic mass is 16.3. The molecule has 0 spiro atoms. The molecule has 1 atom stereocenters. The van der Waals surface area contributed by atoms with E-state index in [0.717, 1.165) is 30.4 Å². The van der Waals surface area contributed by atoms with Gasteiger partial charge in [0.1, 0.15) is 6.10 Å². The molecule has 0 saturated heterocycles. The van der Waals surface area contributed by atoms with Gasteiger partial charge in [0.25, 0.3) is 0 Å². The normalized spacial score (nSPS) is 21.7. The lowest BCUT2D eigenvalue weighted by molar-refractivity contribution is -0.0995. The minimum Gasteiger partial charge on any atom is -0.387 e. The Morgan fingerprint density at radius 1 is 1.31 bits per heavy atom. The first-order valence-corrected chi connectivity index (χ1v) is 5.94. The van der Waals surface area contributed by atoms with Gasteiger partial charge in [-0.15, -0.1) is 0 Å². The van der Waals surface area contributed by atoms with E-state index in [2.05, 4.69) is 4.98 Å². The molecule has 2 N–H and O–H groups in total. The van der Waals surface area contributed by atoms with E-state index in [1.54, 1.807) is 12.4 Å². The Labute approximate surface area is 96.2 Å². The maximum absolute atomic E-state index is 10.4. The van der Waals surface area contributed by atoms with Crippen LogP contribution in [-0.4, -0.2) is 20.8 Å². The molecule has 1 aliphatic rings. The second-order valence-electron chi connectivity index (χ2n) is 4.80. The van der Waals surface area contributed by atoms with E-state index in [0.29, 0.717) is 12.8 Å². The molecule has 0 aliphatic heterocycles. The molecule has 1 aromatic rings.